The Balaban J connectivity index is 0.000000404. The van der Waals surface area contributed by atoms with Gasteiger partial charge in [-0.25, -0.2) is 0 Å². The predicted molar refractivity (Wildman–Crippen MR) is 560 cm³/mol. The number of non-ortho nitro benzene ring substituents is 2. The van der Waals surface area contributed by atoms with Crippen LogP contribution in [0, 0.1) is 43.9 Å². The zero-order chi connectivity index (χ0) is 109. The van der Waals surface area contributed by atoms with Crippen LogP contribution in [0.5, 0.6) is 0 Å². The van der Waals surface area contributed by atoms with E-state index in [0.717, 1.165) is 32.1 Å². The summed E-state index contributed by atoms with van der Waals surface area (Å²) >= 11 is 0. The average Bonchev–Trinajstić information content (AvgIpc) is 0.861. The van der Waals surface area contributed by atoms with Gasteiger partial charge in [0.2, 0.25) is 35.4 Å². The zero-order valence-electron chi connectivity index (χ0n) is 82.7. The van der Waals surface area contributed by atoms with Crippen LogP contribution in [0.25, 0.3) is 0 Å². The standard InChI is InChI=1S/C40H49N5O8.C17H15N5O5.C17H17N5O3.C14H20O2.C10H10N2O4.C7H8N2O.B/c1-5-27(28-10-7-6-8-11-28)16-17-30(18-19-31(40(52)53-4)15-14-25(2)39(50)51)37(48)42-33-12-9-13-34(24-33)43-38(49)35(26(3)46)45-44-32-22-20-29(21-23-32)36(41)47;1-10(23)15(21-20-12-7-5-11(6-8-12)16(18)24)17(25)19-13-3-2-4-14(9-13)22(26)27;1-10(23)15(17(25)20-14-4-2-3-12(18)9-14)22-21-13-7-5-11(6-8-13)16(19)24;1-3-12(14(15)16)10-9-11(2)13-7-5-4-6-8-13;1-7(13)5-10(14)11-8-3-2-4-9(6-8)12(15)16;8-6-3-1-5(2-4-6)7(9)10;/h6-13,20-25,27,30-31,46H,5,14-19H2,1-4H3,(H2,41,47)(H,42,48)(H,43,49)(H,50,51);2-9,23H,1H3,(H2,18,24)(H,19,25);2-9,23H,18H2,1H3,(H2,19,24)(H,20,25);4-8,11-12H,3,9-10H2,1-2H3,(H,15,16);2-4,6H,5H2,1H3,(H,11,14);1-4H,8H2,(H2,9,10);. The summed E-state index contributed by atoms with van der Waals surface area (Å²) in [5.74, 6) is -9.67. The molecule has 0 aliphatic carbocycles. The lowest BCUT2D eigenvalue weighted by atomic mass is 9.84. The van der Waals surface area contributed by atoms with Gasteiger partial charge in [-0.15, -0.1) is 15.3 Å². The minimum Gasteiger partial charge on any atom is -0.510 e. The van der Waals surface area contributed by atoms with Gasteiger partial charge in [-0.1, -0.05) is 113 Å². The molecule has 10 aromatic carbocycles. The molecule has 10 aromatic rings. The van der Waals surface area contributed by atoms with Gasteiger partial charge in [0, 0.05) is 101 Å². The second kappa shape index (κ2) is 63.3. The molecule has 43 heteroatoms. The van der Waals surface area contributed by atoms with Crippen LogP contribution in [-0.4, -0.2) is 128 Å². The number of rotatable bonds is 42. The van der Waals surface area contributed by atoms with Crippen LogP contribution >= 0.6 is 0 Å². The third-order valence-corrected chi connectivity index (χ3v) is 21.6. The first-order valence-corrected chi connectivity index (χ1v) is 45.7. The highest BCUT2D eigenvalue weighted by atomic mass is 16.6. The topological polar surface area (TPSA) is 709 Å². The number of Topliss-reactive ketones (excluding diaryl/α,β-unsaturated/α-hetero) is 1. The van der Waals surface area contributed by atoms with Gasteiger partial charge >= 0.3 is 17.9 Å². The highest BCUT2D eigenvalue weighted by molar-refractivity contribution is 6.07. The van der Waals surface area contributed by atoms with Crippen LogP contribution in [0.1, 0.15) is 190 Å². The van der Waals surface area contributed by atoms with Crippen molar-refractivity contribution in [1.29, 1.82) is 0 Å². The molecule has 6 unspecified atom stereocenters. The summed E-state index contributed by atoms with van der Waals surface area (Å²) in [7, 11) is 1.30. The molecular weight excluding hydrogens is 1910 g/mol. The molecule has 0 aliphatic heterocycles. The van der Waals surface area contributed by atoms with Crippen molar-refractivity contribution >= 4 is 154 Å². The van der Waals surface area contributed by atoms with Gasteiger partial charge in [0.1, 0.15) is 23.1 Å². The number of nitrogens with two attached hydrogens (primary N) is 6. The van der Waals surface area contributed by atoms with Crippen molar-refractivity contribution in [2.24, 2.45) is 77.3 Å². The molecule has 3 radical (unpaired) electrons. The number of nitrogens with zero attached hydrogens (tertiary/aromatic N) is 8. The number of benzene rings is 10. The van der Waals surface area contributed by atoms with E-state index in [-0.39, 0.29) is 95.2 Å². The minimum absolute atomic E-state index is 0. The average molecular weight is 2030 g/mol. The number of carbonyl (C=O) groups is 13. The third kappa shape index (κ3) is 44.3. The number of methoxy groups -OCH3 is 1. The Morgan fingerprint density at radius 2 is 0.716 bits per heavy atom. The van der Waals surface area contributed by atoms with Gasteiger partial charge < -0.3 is 91.3 Å². The summed E-state index contributed by atoms with van der Waals surface area (Å²) in [6.07, 6.45) is 5.67. The molecule has 22 N–H and O–H groups in total. The van der Waals surface area contributed by atoms with E-state index in [1.807, 2.05) is 43.3 Å². The largest absolute Gasteiger partial charge is 0.510 e. The van der Waals surface area contributed by atoms with Crippen LogP contribution in [0.2, 0.25) is 0 Å². The van der Waals surface area contributed by atoms with E-state index in [4.69, 9.17) is 44.2 Å². The fraction of sp³-hybridized carbons (Fsp3) is 0.248. The second-order valence-electron chi connectivity index (χ2n) is 33.0. The molecule has 775 valence electrons. The maximum absolute atomic E-state index is 13.9. The molecule has 9 amide bonds. The van der Waals surface area contributed by atoms with E-state index < -0.39 is 98.5 Å². The molecule has 0 spiro atoms. The quantitative estimate of drug-likeness (QED) is 0.00194. The van der Waals surface area contributed by atoms with Crippen molar-refractivity contribution in [2.75, 3.05) is 45.2 Å². The lowest BCUT2D eigenvalue weighted by Crippen LogP contribution is -2.26. The highest BCUT2D eigenvalue weighted by Crippen LogP contribution is 2.33. The number of carbonyl (C=O) groups excluding carboxylic acids is 11. The SMILES string of the molecule is CC(=O)CC(=O)Nc1cccc([N+](=O)[O-])c1.CC(O)=C(N=Nc1ccc(C(N)=O)cc1)C(=O)Nc1cccc(N)c1.CC(O)=C(N=Nc1ccc(C(N)=O)cc1)C(=O)Nc1cccc([N+](=O)[O-])c1.CCC(CCC(C)c1ccccc1)C(=O)O.CCC(CCC(CCC(CCC(C)C(=O)O)C(=O)OC)C(=O)Nc1cccc(NC(=O)C(N=Nc2ccc(C(N)=O)cc2)=C(C)O)c1)c1ccccc1.NC(=O)c1ccc(N)cc1.[B]. The van der Waals surface area contributed by atoms with Crippen LogP contribution in [0.15, 0.2) is 320 Å². The normalized spacial score (nSPS) is 12.4. The lowest BCUT2D eigenvalue weighted by molar-refractivity contribution is -0.385. The number of aliphatic hydroxyl groups is 3. The van der Waals surface area contributed by atoms with Crippen molar-refractivity contribution in [1.82, 2.24) is 0 Å². The summed E-state index contributed by atoms with van der Waals surface area (Å²) < 4.78 is 5.02. The molecule has 10 rings (SSSR count). The van der Waals surface area contributed by atoms with Gasteiger partial charge in [-0.3, -0.25) is 82.6 Å². The number of carboxylic acid groups (broad SMARTS) is 2. The number of aliphatic hydroxyl groups excluding tert-OH is 3. The number of nitrogens with one attached hydrogen (secondary N) is 5. The number of esters is 1. The van der Waals surface area contributed by atoms with Gasteiger partial charge in [-0.2, -0.15) is 15.3 Å². The number of nitrogen functional groups attached to an aromatic ring is 2. The Bertz CT molecular complexity index is 6420. The number of amides is 9. The molecule has 0 saturated heterocycles. The summed E-state index contributed by atoms with van der Waals surface area (Å²) in [5, 5.41) is 105. The first kappa shape index (κ1) is 122. The van der Waals surface area contributed by atoms with Crippen LogP contribution in [0.3, 0.4) is 0 Å². The summed E-state index contributed by atoms with van der Waals surface area (Å²) in [4.78, 5) is 172. The fourth-order valence-electron chi connectivity index (χ4n) is 13.4. The molecule has 0 heterocycles. The maximum Gasteiger partial charge on any atom is 0.308 e. The number of hydrogen-bond donors (Lipinski definition) is 16. The first-order chi connectivity index (χ1) is 69.8. The molecule has 42 nitrogen and oxygen atoms in total. The van der Waals surface area contributed by atoms with E-state index in [1.165, 1.54) is 167 Å². The molecule has 148 heavy (non-hydrogen) atoms. The molecule has 0 bridgehead atoms. The number of anilines is 7. The number of nitro benzene ring substituents is 2. The number of primary amides is 4. The summed E-state index contributed by atoms with van der Waals surface area (Å²) in [6, 6.07) is 68.5. The number of ketones is 1. The van der Waals surface area contributed by atoms with Crippen LogP contribution < -0.4 is 61.0 Å². The Hall–Kier alpha value is -18.6. The molecule has 0 saturated carbocycles. The van der Waals surface area contributed by atoms with Gasteiger partial charge in [0.15, 0.2) is 17.1 Å². The second-order valence-corrected chi connectivity index (χ2v) is 33.0. The molecule has 0 aromatic heterocycles. The number of allylic oxidation sites excluding steroid dienone is 3. The van der Waals surface area contributed by atoms with E-state index >= 15 is 0 Å². The number of azo groups is 3. The zero-order valence-corrected chi connectivity index (χ0v) is 82.7. The predicted octanol–water partition coefficient (Wildman–Crippen LogP) is 19.2. The molecule has 0 aliphatic rings. The molecule has 0 fully saturated rings. The monoisotopic (exact) mass is 2020 g/mol. The van der Waals surface area contributed by atoms with Gasteiger partial charge in [0.05, 0.1) is 58.2 Å². The Kier molecular flexibility index (Phi) is 52.1. The third-order valence-electron chi connectivity index (χ3n) is 21.6. The summed E-state index contributed by atoms with van der Waals surface area (Å²) in [6.45, 7) is 13.0. The Labute approximate surface area is 854 Å². The van der Waals surface area contributed by atoms with E-state index in [9.17, 15) is 103 Å². The van der Waals surface area contributed by atoms with Crippen molar-refractivity contribution in [3.8, 4) is 0 Å². The highest BCUT2D eigenvalue weighted by Gasteiger charge is 2.29. The number of aliphatic carboxylic acids is 2. The van der Waals surface area contributed by atoms with Crippen LogP contribution in [-0.2, 0) is 47.9 Å². The summed E-state index contributed by atoms with van der Waals surface area (Å²) in [5.41, 5.74) is 37.9. The van der Waals surface area contributed by atoms with E-state index in [2.05, 4.69) is 95.4 Å². The lowest BCUT2D eigenvalue weighted by Gasteiger charge is -2.23. The first-order valence-electron chi connectivity index (χ1n) is 45.7. The molecular formula is C105H119BN19O23. The number of ether oxygens (including phenoxy) is 1. The van der Waals surface area contributed by atoms with Crippen LogP contribution in [0.4, 0.5) is 68.2 Å². The van der Waals surface area contributed by atoms with E-state index in [0.29, 0.717) is 100 Å². The molecule has 6 atom stereocenters. The number of nitro groups is 2. The van der Waals surface area contributed by atoms with Crippen molar-refractivity contribution in [3.05, 3.63) is 343 Å². The van der Waals surface area contributed by atoms with E-state index in [1.54, 1.807) is 79.7 Å². The number of carboxylic acids is 2. The Morgan fingerprint density at radius 1 is 0.372 bits per heavy atom. The minimum atomic E-state index is -0.938. The number of hydrogen-bond acceptors (Lipinski definition) is 29. The van der Waals surface area contributed by atoms with Gasteiger partial charge in [0.25, 0.3) is 29.1 Å². The van der Waals surface area contributed by atoms with Crippen molar-refractivity contribution < 1.29 is 102 Å². The van der Waals surface area contributed by atoms with Gasteiger partial charge in [-0.05, 0) is 260 Å². The maximum atomic E-state index is 13.9. The Morgan fingerprint density at radius 3 is 1.07 bits per heavy atom. The van der Waals surface area contributed by atoms with Crippen molar-refractivity contribution in [3.63, 3.8) is 0 Å². The van der Waals surface area contributed by atoms with Crippen molar-refractivity contribution in [2.45, 2.75) is 138 Å². The fourth-order valence-corrected chi connectivity index (χ4v) is 13.4. The smallest absolute Gasteiger partial charge is 0.308 e.